The highest BCUT2D eigenvalue weighted by Gasteiger charge is 2.48. The zero-order valence-corrected chi connectivity index (χ0v) is 7.53. The average Bonchev–Trinajstić information content (AvgIpc) is 2.28. The highest BCUT2D eigenvalue weighted by molar-refractivity contribution is 6.40. The Labute approximate surface area is 84.7 Å². The van der Waals surface area contributed by atoms with Gasteiger partial charge in [0.25, 0.3) is 5.91 Å². The van der Waals surface area contributed by atoms with Crippen LogP contribution in [0.25, 0.3) is 0 Å². The van der Waals surface area contributed by atoms with Gasteiger partial charge in [-0.3, -0.25) is 4.79 Å². The summed E-state index contributed by atoms with van der Waals surface area (Å²) in [7, 11) is 5.42. The van der Waals surface area contributed by atoms with Crippen LogP contribution in [-0.4, -0.2) is 13.8 Å². The van der Waals surface area contributed by atoms with Gasteiger partial charge in [0.2, 0.25) is 0 Å². The number of carbonyl (C=O) groups excluding carboxylic acids is 1. The summed E-state index contributed by atoms with van der Waals surface area (Å²) in [6.45, 7) is 0. The maximum Gasteiger partial charge on any atom is 0.352 e. The molecule has 14 heavy (non-hydrogen) atoms. The highest BCUT2D eigenvalue weighted by Crippen LogP contribution is 2.40. The van der Waals surface area contributed by atoms with Crippen molar-refractivity contribution in [2.24, 2.45) is 0 Å². The summed E-state index contributed by atoms with van der Waals surface area (Å²) in [5, 5.41) is 2.09. The lowest BCUT2D eigenvalue weighted by molar-refractivity contribution is -0.139. The molecule has 1 aromatic rings. The molecule has 0 bridgehead atoms. The molecule has 0 aromatic heterocycles. The average molecular weight is 213 g/mol. The number of benzene rings is 1. The Morgan fingerprint density at radius 1 is 1.43 bits per heavy atom. The van der Waals surface area contributed by atoms with E-state index in [1.54, 1.807) is 0 Å². The summed E-state index contributed by atoms with van der Waals surface area (Å²) >= 11 is 5.55. The Morgan fingerprint density at radius 3 is 2.71 bits per heavy atom. The van der Waals surface area contributed by atoms with E-state index in [0.29, 0.717) is 0 Å². The number of alkyl halides is 2. The van der Waals surface area contributed by atoms with Crippen LogP contribution < -0.4 is 10.8 Å². The van der Waals surface area contributed by atoms with E-state index in [2.05, 4.69) is 0 Å². The Morgan fingerprint density at radius 2 is 2.07 bits per heavy atom. The van der Waals surface area contributed by atoms with Crippen LogP contribution in [0.2, 0.25) is 5.02 Å². The third-order valence-corrected chi connectivity index (χ3v) is 2.21. The van der Waals surface area contributed by atoms with Crippen LogP contribution >= 0.6 is 11.6 Å². The number of anilines is 1. The Balaban J connectivity index is 2.71. The normalized spacial score (nSPS) is 17.8. The highest BCUT2D eigenvalue weighted by atomic mass is 35.5. The monoisotopic (exact) mass is 213 g/mol. The van der Waals surface area contributed by atoms with E-state index in [4.69, 9.17) is 19.4 Å². The second-order valence-corrected chi connectivity index (χ2v) is 3.38. The standard InChI is InChI=1S/C8H3BClF2NO/c9-5-2-3(10)1-4-6(5)13-7(14)8(4,11)12/h1-2H,(H,13,14). The Bertz CT molecular complexity index is 436. The quantitative estimate of drug-likeness (QED) is 0.644. The predicted molar refractivity (Wildman–Crippen MR) is 49.4 cm³/mol. The number of fused-ring (bicyclic) bond motifs is 1. The Kier molecular flexibility index (Phi) is 1.82. The molecular formula is C8H3BClF2NO. The van der Waals surface area contributed by atoms with Crippen LogP contribution in [0.5, 0.6) is 0 Å². The van der Waals surface area contributed by atoms with Crippen molar-refractivity contribution < 1.29 is 13.6 Å². The van der Waals surface area contributed by atoms with Crippen molar-refractivity contribution >= 4 is 36.5 Å². The van der Waals surface area contributed by atoms with E-state index in [-0.39, 0.29) is 16.2 Å². The summed E-state index contributed by atoms with van der Waals surface area (Å²) in [5.74, 6) is -4.92. The first kappa shape index (κ1) is 9.46. The van der Waals surface area contributed by atoms with Crippen LogP contribution in [-0.2, 0) is 10.7 Å². The molecule has 2 radical (unpaired) electrons. The van der Waals surface area contributed by atoms with Crippen LogP contribution in [0.3, 0.4) is 0 Å². The number of nitrogens with one attached hydrogen (secondary N) is 1. The lowest BCUT2D eigenvalue weighted by Gasteiger charge is -2.07. The van der Waals surface area contributed by atoms with E-state index in [1.807, 2.05) is 5.32 Å². The smallest absolute Gasteiger partial charge is 0.321 e. The van der Waals surface area contributed by atoms with Crippen LogP contribution in [0.15, 0.2) is 12.1 Å². The molecule has 0 aliphatic carbocycles. The molecule has 2 nitrogen and oxygen atoms in total. The first-order chi connectivity index (χ1) is 6.43. The molecule has 0 saturated carbocycles. The van der Waals surface area contributed by atoms with Gasteiger partial charge in [0.05, 0.1) is 5.56 Å². The molecule has 0 spiro atoms. The summed E-state index contributed by atoms with van der Waals surface area (Å²) < 4.78 is 26.3. The number of carbonyl (C=O) groups is 1. The molecule has 1 amide bonds. The fourth-order valence-corrected chi connectivity index (χ4v) is 1.56. The van der Waals surface area contributed by atoms with Crippen molar-refractivity contribution in [2.45, 2.75) is 5.92 Å². The molecule has 0 saturated heterocycles. The van der Waals surface area contributed by atoms with Crippen LogP contribution in [0, 0.1) is 0 Å². The van der Waals surface area contributed by atoms with Gasteiger partial charge >= 0.3 is 5.92 Å². The lowest BCUT2D eigenvalue weighted by Crippen LogP contribution is -2.23. The van der Waals surface area contributed by atoms with Crippen LogP contribution in [0.1, 0.15) is 5.56 Å². The van der Waals surface area contributed by atoms with Crippen molar-refractivity contribution in [1.29, 1.82) is 0 Å². The molecule has 70 valence electrons. The zero-order chi connectivity index (χ0) is 10.5. The number of amides is 1. The fraction of sp³-hybridized carbons (Fsp3) is 0.125. The molecule has 2 rings (SSSR count). The van der Waals surface area contributed by atoms with Crippen molar-refractivity contribution in [3.63, 3.8) is 0 Å². The van der Waals surface area contributed by atoms with Gasteiger partial charge < -0.3 is 5.32 Å². The molecule has 6 heteroatoms. The zero-order valence-electron chi connectivity index (χ0n) is 6.77. The van der Waals surface area contributed by atoms with Crippen LogP contribution in [0.4, 0.5) is 14.5 Å². The van der Waals surface area contributed by atoms with Gasteiger partial charge in [0.1, 0.15) is 7.85 Å². The molecule has 0 fully saturated rings. The second-order valence-electron chi connectivity index (χ2n) is 2.95. The summed E-state index contributed by atoms with van der Waals surface area (Å²) in [5.41, 5.74) is -0.477. The van der Waals surface area contributed by atoms with Gasteiger partial charge in [-0.15, -0.1) is 0 Å². The molecule has 1 aliphatic heterocycles. The maximum absolute atomic E-state index is 13.2. The van der Waals surface area contributed by atoms with Gasteiger partial charge in [-0.1, -0.05) is 17.1 Å². The minimum Gasteiger partial charge on any atom is -0.321 e. The van der Waals surface area contributed by atoms with E-state index in [1.165, 1.54) is 6.07 Å². The summed E-state index contributed by atoms with van der Waals surface area (Å²) in [6, 6.07) is 2.34. The molecule has 1 aromatic carbocycles. The first-order valence-electron chi connectivity index (χ1n) is 3.71. The number of halogens is 3. The fourth-order valence-electron chi connectivity index (χ4n) is 1.33. The first-order valence-corrected chi connectivity index (χ1v) is 4.09. The van der Waals surface area contributed by atoms with E-state index in [9.17, 15) is 13.6 Å². The second kappa shape index (κ2) is 2.70. The van der Waals surface area contributed by atoms with E-state index in [0.717, 1.165) is 6.07 Å². The predicted octanol–water partition coefficient (Wildman–Crippen LogP) is 1.18. The Hall–Kier alpha value is -1.10. The van der Waals surface area contributed by atoms with Crippen molar-refractivity contribution in [3.8, 4) is 0 Å². The number of hydrogen-bond acceptors (Lipinski definition) is 1. The van der Waals surface area contributed by atoms with Gasteiger partial charge in [-0.2, -0.15) is 8.78 Å². The summed E-state index contributed by atoms with van der Waals surface area (Å²) in [4.78, 5) is 10.9. The van der Waals surface area contributed by atoms with Gasteiger partial charge in [0.15, 0.2) is 0 Å². The number of hydrogen-bond donors (Lipinski definition) is 1. The SMILES string of the molecule is [B]c1cc(Cl)cc2c1NC(=O)C2(F)F. The van der Waals surface area contributed by atoms with Crippen molar-refractivity contribution in [2.75, 3.05) is 5.32 Å². The molecule has 1 aliphatic rings. The third-order valence-electron chi connectivity index (χ3n) is 2.00. The third kappa shape index (κ3) is 1.12. The van der Waals surface area contributed by atoms with Crippen molar-refractivity contribution in [1.82, 2.24) is 0 Å². The molecule has 0 atom stereocenters. The molecule has 1 N–H and O–H groups in total. The topological polar surface area (TPSA) is 29.1 Å². The lowest BCUT2D eigenvalue weighted by atomic mass is 9.91. The molecule has 1 heterocycles. The minimum absolute atomic E-state index is 0.0398. The van der Waals surface area contributed by atoms with E-state index < -0.39 is 17.4 Å². The molecular weight excluding hydrogens is 210 g/mol. The number of rotatable bonds is 0. The minimum atomic E-state index is -3.55. The van der Waals surface area contributed by atoms with Crippen molar-refractivity contribution in [3.05, 3.63) is 22.7 Å². The largest absolute Gasteiger partial charge is 0.352 e. The van der Waals surface area contributed by atoms with Gasteiger partial charge in [-0.25, -0.2) is 0 Å². The maximum atomic E-state index is 13.2. The molecule has 0 unspecified atom stereocenters. The van der Waals surface area contributed by atoms with E-state index >= 15 is 0 Å². The summed E-state index contributed by atoms with van der Waals surface area (Å²) in [6.07, 6.45) is 0. The van der Waals surface area contributed by atoms with Gasteiger partial charge in [-0.05, 0) is 12.1 Å². The van der Waals surface area contributed by atoms with Gasteiger partial charge in [0, 0.05) is 10.7 Å².